The average molecular weight is 499 g/mol. The summed E-state index contributed by atoms with van der Waals surface area (Å²) in [7, 11) is 0. The largest absolute Gasteiger partial charge is 0.462 e. The maximum Gasteiger partial charge on any atom is 0.341 e. The van der Waals surface area contributed by atoms with Crippen molar-refractivity contribution in [2.24, 2.45) is 0 Å². The summed E-state index contributed by atoms with van der Waals surface area (Å²) in [5.41, 5.74) is 1.51. The van der Waals surface area contributed by atoms with Crippen molar-refractivity contribution in [3.63, 3.8) is 0 Å². The number of para-hydroxylation sites is 2. The molecule has 0 saturated carbocycles. The van der Waals surface area contributed by atoms with Gasteiger partial charge < -0.3 is 19.4 Å². The normalized spacial score (nSPS) is 14.1. The third-order valence-corrected chi connectivity index (χ3v) is 6.58. The van der Waals surface area contributed by atoms with E-state index in [0.717, 1.165) is 0 Å². The molecule has 35 heavy (non-hydrogen) atoms. The van der Waals surface area contributed by atoms with E-state index in [0.29, 0.717) is 54.0 Å². The molecule has 0 unspecified atom stereocenters. The molecule has 1 aromatic carbocycles. The molecular weight excluding hydrogens is 472 g/mol. The minimum atomic E-state index is -0.522. The fraction of sp³-hybridized carbons (Fsp3) is 0.333. The molecule has 1 fully saturated rings. The highest BCUT2D eigenvalue weighted by Gasteiger charge is 2.27. The van der Waals surface area contributed by atoms with Crippen LogP contribution in [0.4, 0.5) is 16.4 Å². The van der Waals surface area contributed by atoms with Gasteiger partial charge in [-0.1, -0.05) is 12.1 Å². The lowest BCUT2D eigenvalue weighted by Gasteiger charge is -2.35. The lowest BCUT2D eigenvalue weighted by molar-refractivity contribution is -0.384. The molecule has 4 rings (SSSR count). The molecule has 1 saturated heterocycles. The Morgan fingerprint density at radius 2 is 1.91 bits per heavy atom. The van der Waals surface area contributed by atoms with Gasteiger partial charge in [-0.25, -0.2) is 4.79 Å². The van der Waals surface area contributed by atoms with Gasteiger partial charge >= 0.3 is 5.97 Å². The zero-order valence-electron chi connectivity index (χ0n) is 19.5. The summed E-state index contributed by atoms with van der Waals surface area (Å²) < 4.78 is 10.9. The van der Waals surface area contributed by atoms with E-state index in [1.54, 1.807) is 36.6 Å². The Labute approximate surface area is 206 Å². The molecule has 0 aliphatic carbocycles. The number of thiophene rings is 1. The number of piperazine rings is 1. The number of nitrogens with zero attached hydrogens (tertiary/aromatic N) is 3. The maximum absolute atomic E-state index is 12.8. The van der Waals surface area contributed by atoms with Crippen LogP contribution in [0.15, 0.2) is 46.2 Å². The molecule has 1 aliphatic rings. The summed E-state index contributed by atoms with van der Waals surface area (Å²) in [5, 5.41) is 16.4. The zero-order chi connectivity index (χ0) is 24.9. The average Bonchev–Trinajstić information content (AvgIpc) is 3.45. The summed E-state index contributed by atoms with van der Waals surface area (Å²) >= 11 is 1.24. The van der Waals surface area contributed by atoms with Crippen LogP contribution >= 0.6 is 11.3 Å². The Bertz CT molecular complexity index is 1230. The maximum atomic E-state index is 12.8. The minimum absolute atomic E-state index is 0.0745. The van der Waals surface area contributed by atoms with Gasteiger partial charge in [-0.05, 0) is 32.0 Å². The van der Waals surface area contributed by atoms with Crippen LogP contribution in [0.2, 0.25) is 0 Å². The second-order valence-corrected chi connectivity index (χ2v) is 8.92. The molecule has 0 bridgehead atoms. The van der Waals surface area contributed by atoms with Gasteiger partial charge in [0.1, 0.15) is 27.8 Å². The van der Waals surface area contributed by atoms with Gasteiger partial charge in [0, 0.05) is 43.2 Å². The van der Waals surface area contributed by atoms with Crippen LogP contribution < -0.4 is 10.2 Å². The van der Waals surface area contributed by atoms with Crippen molar-refractivity contribution in [2.45, 2.75) is 13.8 Å². The van der Waals surface area contributed by atoms with E-state index in [2.05, 4.69) is 5.32 Å². The van der Waals surface area contributed by atoms with Gasteiger partial charge in [-0.15, -0.1) is 11.3 Å². The van der Waals surface area contributed by atoms with Crippen LogP contribution in [0.25, 0.3) is 11.3 Å². The Balaban J connectivity index is 1.41. The number of benzene rings is 1. The molecule has 11 heteroatoms. The molecule has 0 atom stereocenters. The first-order valence-corrected chi connectivity index (χ1v) is 12.1. The Morgan fingerprint density at radius 3 is 2.57 bits per heavy atom. The Hall–Kier alpha value is -3.70. The molecule has 3 aromatic rings. The van der Waals surface area contributed by atoms with Crippen LogP contribution in [0.5, 0.6) is 0 Å². The molecule has 184 valence electrons. The summed E-state index contributed by atoms with van der Waals surface area (Å²) in [6, 6.07) is 10.3. The summed E-state index contributed by atoms with van der Waals surface area (Å²) in [6.45, 7) is 6.17. The second kappa shape index (κ2) is 10.7. The third kappa shape index (κ3) is 5.52. The quantitative estimate of drug-likeness (QED) is 0.279. The first kappa shape index (κ1) is 24.4. The van der Waals surface area contributed by atoms with Gasteiger partial charge in [-0.3, -0.25) is 19.8 Å². The first-order valence-electron chi connectivity index (χ1n) is 11.2. The van der Waals surface area contributed by atoms with E-state index in [4.69, 9.17) is 9.15 Å². The predicted molar refractivity (Wildman–Crippen MR) is 133 cm³/mol. The van der Waals surface area contributed by atoms with Crippen molar-refractivity contribution in [2.75, 3.05) is 49.5 Å². The number of ether oxygens (including phenoxy) is 1. The van der Waals surface area contributed by atoms with Crippen molar-refractivity contribution < 1.29 is 23.7 Å². The van der Waals surface area contributed by atoms with Crippen LogP contribution in [-0.4, -0.2) is 61.0 Å². The molecule has 1 N–H and O–H groups in total. The molecule has 2 aromatic heterocycles. The van der Waals surface area contributed by atoms with Crippen LogP contribution in [0.3, 0.4) is 0 Å². The zero-order valence-corrected chi connectivity index (χ0v) is 20.3. The fourth-order valence-corrected chi connectivity index (χ4v) is 4.97. The standard InChI is InChI=1S/C24H26N4O6S/c1-3-33-24(30)22-17(20-9-8-16(2)34-20)15-35-23(22)25-21(29)14-26-10-12-27(13-11-26)18-6-4-5-7-19(18)28(31)32/h4-9,15H,3,10-14H2,1-2H3,(H,25,29). The molecule has 10 nitrogen and oxygen atoms in total. The Morgan fingerprint density at radius 1 is 1.17 bits per heavy atom. The SMILES string of the molecule is CCOC(=O)c1c(-c2ccc(C)o2)csc1NC(=O)CN1CCN(c2ccccc2[N+](=O)[O-])CC1. The van der Waals surface area contributed by atoms with Crippen molar-refractivity contribution in [1.29, 1.82) is 0 Å². The number of nitro groups is 1. The molecule has 1 aliphatic heterocycles. The Kier molecular flexibility index (Phi) is 7.47. The van der Waals surface area contributed by atoms with E-state index < -0.39 is 5.97 Å². The number of anilines is 2. The van der Waals surface area contributed by atoms with E-state index in [1.807, 2.05) is 22.8 Å². The van der Waals surface area contributed by atoms with Gasteiger partial charge in [0.05, 0.1) is 18.1 Å². The number of amides is 1. The van der Waals surface area contributed by atoms with Crippen molar-refractivity contribution in [1.82, 2.24) is 4.90 Å². The topological polar surface area (TPSA) is 118 Å². The fourth-order valence-electron chi connectivity index (χ4n) is 4.02. The number of rotatable bonds is 8. The smallest absolute Gasteiger partial charge is 0.341 e. The predicted octanol–water partition coefficient (Wildman–Crippen LogP) is 4.16. The van der Waals surface area contributed by atoms with Gasteiger partial charge in [0.25, 0.3) is 5.69 Å². The highest BCUT2D eigenvalue weighted by molar-refractivity contribution is 7.15. The summed E-state index contributed by atoms with van der Waals surface area (Å²) in [6.07, 6.45) is 0. The molecule has 1 amide bonds. The number of nitrogens with one attached hydrogen (secondary N) is 1. The minimum Gasteiger partial charge on any atom is -0.462 e. The summed E-state index contributed by atoms with van der Waals surface area (Å²) in [5.74, 6) is 0.477. The highest BCUT2D eigenvalue weighted by atomic mass is 32.1. The van der Waals surface area contributed by atoms with Crippen LogP contribution in [-0.2, 0) is 9.53 Å². The third-order valence-electron chi connectivity index (χ3n) is 5.69. The molecular formula is C24H26N4O6S. The van der Waals surface area contributed by atoms with Gasteiger partial charge in [0.2, 0.25) is 5.91 Å². The number of carbonyl (C=O) groups is 2. The monoisotopic (exact) mass is 498 g/mol. The van der Waals surface area contributed by atoms with Gasteiger partial charge in [-0.2, -0.15) is 0 Å². The molecule has 0 spiro atoms. The number of nitro benzene ring substituents is 1. The number of hydrogen-bond donors (Lipinski definition) is 1. The lowest BCUT2D eigenvalue weighted by Crippen LogP contribution is -2.48. The number of esters is 1. The van der Waals surface area contributed by atoms with E-state index in [9.17, 15) is 19.7 Å². The van der Waals surface area contributed by atoms with E-state index >= 15 is 0 Å². The number of carbonyl (C=O) groups excluding carboxylic acids is 2. The first-order chi connectivity index (χ1) is 16.9. The molecule has 0 radical (unpaired) electrons. The van der Waals surface area contributed by atoms with Crippen LogP contribution in [0.1, 0.15) is 23.0 Å². The summed E-state index contributed by atoms with van der Waals surface area (Å²) in [4.78, 5) is 40.4. The highest BCUT2D eigenvalue weighted by Crippen LogP contribution is 2.37. The number of furan rings is 1. The van der Waals surface area contributed by atoms with Crippen molar-refractivity contribution in [3.8, 4) is 11.3 Å². The van der Waals surface area contributed by atoms with Crippen molar-refractivity contribution in [3.05, 3.63) is 63.2 Å². The van der Waals surface area contributed by atoms with E-state index in [1.165, 1.54) is 17.4 Å². The van der Waals surface area contributed by atoms with Gasteiger partial charge in [0.15, 0.2) is 0 Å². The second-order valence-electron chi connectivity index (χ2n) is 8.04. The van der Waals surface area contributed by atoms with Crippen LogP contribution in [0, 0.1) is 17.0 Å². The lowest BCUT2D eigenvalue weighted by atomic mass is 10.1. The number of aryl methyl sites for hydroxylation is 1. The number of hydrogen-bond acceptors (Lipinski definition) is 9. The van der Waals surface area contributed by atoms with E-state index in [-0.39, 0.29) is 35.2 Å². The van der Waals surface area contributed by atoms with Crippen molar-refractivity contribution >= 4 is 39.6 Å². The molecule has 3 heterocycles.